The third-order valence-corrected chi connectivity index (χ3v) is 6.03. The van der Waals surface area contributed by atoms with E-state index in [1.54, 1.807) is 11.3 Å². The lowest BCUT2D eigenvalue weighted by atomic mass is 10.1. The number of thioether (sulfide) groups is 1. The summed E-state index contributed by atoms with van der Waals surface area (Å²) in [6.45, 7) is 4.24. The molecule has 0 saturated carbocycles. The maximum Gasteiger partial charge on any atom is 0.209 e. The van der Waals surface area contributed by atoms with Gasteiger partial charge in [0.2, 0.25) is 5.13 Å². The predicted molar refractivity (Wildman–Crippen MR) is 120 cm³/mol. The first kappa shape index (κ1) is 20.8. The van der Waals surface area contributed by atoms with Gasteiger partial charge in [-0.05, 0) is 25.3 Å². The van der Waals surface area contributed by atoms with Crippen molar-refractivity contribution in [3.63, 3.8) is 0 Å². The molecule has 28 heavy (non-hydrogen) atoms. The molecule has 0 N–H and O–H groups in total. The van der Waals surface area contributed by atoms with E-state index in [0.717, 1.165) is 71.8 Å². The van der Waals surface area contributed by atoms with Crippen LogP contribution in [-0.4, -0.2) is 21.4 Å². The molecular formula is C22H27N3OS2. The highest BCUT2D eigenvalue weighted by molar-refractivity contribution is 7.98. The number of nitrogens with zero attached hydrogens (tertiary/aromatic N) is 3. The fraction of sp³-hybridized carbons (Fsp3) is 0.409. The van der Waals surface area contributed by atoms with E-state index in [0.29, 0.717) is 0 Å². The number of thiazole rings is 1. The number of oxazole rings is 1. The molecule has 0 saturated heterocycles. The molecule has 6 heteroatoms. The first-order valence-corrected chi connectivity index (χ1v) is 11.8. The van der Waals surface area contributed by atoms with E-state index < -0.39 is 0 Å². The summed E-state index contributed by atoms with van der Waals surface area (Å²) in [5.41, 5.74) is 3.59. The van der Waals surface area contributed by atoms with Crippen LogP contribution in [0, 0.1) is 0 Å². The van der Waals surface area contributed by atoms with E-state index in [2.05, 4.69) is 58.5 Å². The lowest BCUT2D eigenvalue weighted by molar-refractivity contribution is 0.460. The van der Waals surface area contributed by atoms with Crippen molar-refractivity contribution in [1.29, 1.82) is 0 Å². The van der Waals surface area contributed by atoms with Crippen LogP contribution in [0.5, 0.6) is 0 Å². The second-order valence-electron chi connectivity index (χ2n) is 6.73. The van der Waals surface area contributed by atoms with Crippen LogP contribution in [0.1, 0.15) is 49.6 Å². The summed E-state index contributed by atoms with van der Waals surface area (Å²) in [7, 11) is 0. The van der Waals surface area contributed by atoms with Gasteiger partial charge in [-0.25, -0.2) is 15.0 Å². The van der Waals surface area contributed by atoms with Crippen molar-refractivity contribution in [1.82, 2.24) is 9.97 Å². The van der Waals surface area contributed by atoms with Gasteiger partial charge in [-0.15, -0.1) is 11.3 Å². The Morgan fingerprint density at radius 1 is 1.18 bits per heavy atom. The fourth-order valence-corrected chi connectivity index (χ4v) is 4.50. The number of benzene rings is 1. The number of aromatic nitrogens is 2. The van der Waals surface area contributed by atoms with Crippen LogP contribution in [0.25, 0.3) is 0 Å². The Kier molecular flexibility index (Phi) is 8.30. The summed E-state index contributed by atoms with van der Waals surface area (Å²) in [6.07, 6.45) is 6.75. The van der Waals surface area contributed by atoms with Gasteiger partial charge in [0.15, 0.2) is 5.89 Å². The van der Waals surface area contributed by atoms with E-state index in [1.807, 2.05) is 24.0 Å². The second kappa shape index (κ2) is 11.2. The van der Waals surface area contributed by atoms with E-state index >= 15 is 0 Å². The Morgan fingerprint density at radius 2 is 2.04 bits per heavy atom. The summed E-state index contributed by atoms with van der Waals surface area (Å²) in [6, 6.07) is 10.5. The molecule has 2 aromatic heterocycles. The van der Waals surface area contributed by atoms with Gasteiger partial charge in [-0.3, -0.25) is 0 Å². The van der Waals surface area contributed by atoms with Gasteiger partial charge in [0, 0.05) is 35.4 Å². The number of aryl methyl sites for hydroxylation is 3. The maximum atomic E-state index is 5.87. The largest absolute Gasteiger partial charge is 0.446 e. The number of aliphatic imine (C=N–C) groups is 1. The van der Waals surface area contributed by atoms with Crippen LogP contribution in [0.4, 0.5) is 5.13 Å². The fourth-order valence-electron chi connectivity index (χ4n) is 2.82. The molecule has 0 amide bonds. The smallest absolute Gasteiger partial charge is 0.209 e. The Bertz CT molecular complexity index is 871. The highest BCUT2D eigenvalue weighted by atomic mass is 32.2. The second-order valence-corrected chi connectivity index (χ2v) is 8.67. The Labute approximate surface area is 175 Å². The molecule has 0 radical (unpaired) electrons. The van der Waals surface area contributed by atoms with Crippen LogP contribution >= 0.6 is 23.1 Å². The van der Waals surface area contributed by atoms with Crippen LogP contribution in [-0.2, 0) is 25.0 Å². The SMILES string of the molecule is CCC/C(C)=N\c1nc(CSCCc2ncc(CCc3ccccc3)o2)cs1. The minimum Gasteiger partial charge on any atom is -0.446 e. The molecule has 0 aliphatic rings. The Hall–Kier alpha value is -1.92. The van der Waals surface area contributed by atoms with Crippen molar-refractivity contribution in [2.75, 3.05) is 5.75 Å². The molecule has 0 aliphatic carbocycles. The molecule has 0 unspecified atom stereocenters. The quantitative estimate of drug-likeness (QED) is 0.274. The first-order valence-electron chi connectivity index (χ1n) is 9.76. The van der Waals surface area contributed by atoms with Crippen molar-refractivity contribution in [3.8, 4) is 0 Å². The molecule has 3 aromatic rings. The maximum absolute atomic E-state index is 5.87. The molecule has 3 rings (SSSR count). The normalized spacial score (nSPS) is 11.9. The zero-order valence-electron chi connectivity index (χ0n) is 16.6. The van der Waals surface area contributed by atoms with Crippen LogP contribution in [0.15, 0.2) is 51.3 Å². The van der Waals surface area contributed by atoms with Crippen molar-refractivity contribution >= 4 is 33.9 Å². The van der Waals surface area contributed by atoms with Crippen LogP contribution in [0.3, 0.4) is 0 Å². The summed E-state index contributed by atoms with van der Waals surface area (Å²) in [4.78, 5) is 13.6. The molecule has 1 aromatic carbocycles. The lowest BCUT2D eigenvalue weighted by Gasteiger charge is -1.99. The molecule has 2 heterocycles. The van der Waals surface area contributed by atoms with Crippen molar-refractivity contribution in [2.45, 2.75) is 51.7 Å². The lowest BCUT2D eigenvalue weighted by Crippen LogP contribution is -1.91. The molecule has 0 bridgehead atoms. The number of hydrogen-bond donors (Lipinski definition) is 0. The minimum absolute atomic E-state index is 0.828. The molecule has 0 spiro atoms. The Balaban J connectivity index is 1.37. The van der Waals surface area contributed by atoms with Crippen LogP contribution in [0.2, 0.25) is 0 Å². The van der Waals surface area contributed by atoms with Crippen molar-refractivity contribution in [2.24, 2.45) is 4.99 Å². The average Bonchev–Trinajstić information content (AvgIpc) is 3.34. The van der Waals surface area contributed by atoms with Gasteiger partial charge in [-0.2, -0.15) is 11.8 Å². The standard InChI is InChI=1S/C22H27N3OS2/c1-3-7-17(2)24-22-25-19(16-28-22)15-27-13-12-21-23-14-20(26-21)11-10-18-8-5-4-6-9-18/h4-6,8-9,14,16H,3,7,10-13,15H2,1-2H3/b24-17-. The van der Waals surface area contributed by atoms with E-state index in [-0.39, 0.29) is 0 Å². The molecule has 0 atom stereocenters. The zero-order chi connectivity index (χ0) is 19.6. The molecule has 0 aliphatic heterocycles. The minimum atomic E-state index is 0.828. The number of rotatable bonds is 11. The topological polar surface area (TPSA) is 51.3 Å². The number of hydrogen-bond acceptors (Lipinski definition) is 6. The summed E-state index contributed by atoms with van der Waals surface area (Å²) < 4.78 is 5.87. The van der Waals surface area contributed by atoms with Gasteiger partial charge >= 0.3 is 0 Å². The van der Waals surface area contributed by atoms with E-state index in [9.17, 15) is 0 Å². The highest BCUT2D eigenvalue weighted by Crippen LogP contribution is 2.23. The van der Waals surface area contributed by atoms with Gasteiger partial charge in [0.25, 0.3) is 0 Å². The monoisotopic (exact) mass is 413 g/mol. The highest BCUT2D eigenvalue weighted by Gasteiger charge is 2.06. The third kappa shape index (κ3) is 6.91. The van der Waals surface area contributed by atoms with E-state index in [4.69, 9.17) is 4.42 Å². The van der Waals surface area contributed by atoms with Crippen molar-refractivity contribution < 1.29 is 4.42 Å². The summed E-state index contributed by atoms with van der Waals surface area (Å²) in [5, 5.41) is 2.98. The first-order chi connectivity index (χ1) is 13.7. The van der Waals surface area contributed by atoms with Gasteiger partial charge in [0.05, 0.1) is 11.9 Å². The molecule has 4 nitrogen and oxygen atoms in total. The molecule has 0 fully saturated rings. The summed E-state index contributed by atoms with van der Waals surface area (Å²) >= 11 is 3.48. The predicted octanol–water partition coefficient (Wildman–Crippen LogP) is 6.28. The summed E-state index contributed by atoms with van der Waals surface area (Å²) in [5.74, 6) is 3.67. The van der Waals surface area contributed by atoms with Gasteiger partial charge in [-0.1, -0.05) is 43.7 Å². The molecular weight excluding hydrogens is 386 g/mol. The van der Waals surface area contributed by atoms with Gasteiger partial charge in [0.1, 0.15) is 5.76 Å². The van der Waals surface area contributed by atoms with Crippen LogP contribution < -0.4 is 0 Å². The zero-order valence-corrected chi connectivity index (χ0v) is 18.2. The van der Waals surface area contributed by atoms with E-state index in [1.165, 1.54) is 5.56 Å². The third-order valence-electron chi connectivity index (χ3n) is 4.25. The molecule has 148 valence electrons. The average molecular weight is 414 g/mol. The van der Waals surface area contributed by atoms with Gasteiger partial charge < -0.3 is 4.42 Å². The van der Waals surface area contributed by atoms with Crippen molar-refractivity contribution in [3.05, 3.63) is 64.8 Å². The Morgan fingerprint density at radius 3 is 2.86 bits per heavy atom.